The van der Waals surface area contributed by atoms with Crippen LogP contribution in [-0.4, -0.2) is 56.9 Å². The largest absolute Gasteiger partial charge is 0.494 e. The first-order valence-corrected chi connectivity index (χ1v) is 16.0. The molecule has 2 saturated heterocycles. The molecular weight excluding hydrogens is 554 g/mol. The molecule has 2 bridgehead atoms. The van der Waals surface area contributed by atoms with Crippen molar-refractivity contribution >= 4 is 11.6 Å². The summed E-state index contributed by atoms with van der Waals surface area (Å²) >= 11 is 6.73. The zero-order valence-corrected chi connectivity index (χ0v) is 26.3. The lowest BCUT2D eigenvalue weighted by molar-refractivity contribution is -0.336. The van der Waals surface area contributed by atoms with Crippen LogP contribution in [0.25, 0.3) is 0 Å². The Balaban J connectivity index is 1.73. The first kappa shape index (κ1) is 32.7. The molecule has 2 aromatic carbocycles. The van der Waals surface area contributed by atoms with E-state index in [1.807, 2.05) is 49.4 Å². The Labute approximate surface area is 256 Å². The van der Waals surface area contributed by atoms with E-state index in [-0.39, 0.29) is 6.61 Å². The van der Waals surface area contributed by atoms with E-state index in [0.29, 0.717) is 37.9 Å². The minimum Gasteiger partial charge on any atom is -0.494 e. The second-order valence-electron chi connectivity index (χ2n) is 11.1. The predicted octanol–water partition coefficient (Wildman–Crippen LogP) is 7.36. The number of unbranched alkanes of at least 4 members (excludes halogenated alkanes) is 3. The zero-order valence-electron chi connectivity index (χ0n) is 25.5. The maximum absolute atomic E-state index is 10.5. The van der Waals surface area contributed by atoms with Crippen LogP contribution in [0.2, 0.25) is 5.02 Å². The fourth-order valence-electron chi connectivity index (χ4n) is 5.59. The van der Waals surface area contributed by atoms with Crippen molar-refractivity contribution in [3.63, 3.8) is 0 Å². The molecular formula is C34H46ClNO6. The van der Waals surface area contributed by atoms with Gasteiger partial charge in [-0.1, -0.05) is 69.8 Å². The van der Waals surface area contributed by atoms with Gasteiger partial charge >= 0.3 is 0 Å². The van der Waals surface area contributed by atoms with Crippen molar-refractivity contribution in [1.29, 1.82) is 5.26 Å². The van der Waals surface area contributed by atoms with Gasteiger partial charge in [-0.2, -0.15) is 5.26 Å². The monoisotopic (exact) mass is 599 g/mol. The summed E-state index contributed by atoms with van der Waals surface area (Å²) in [6, 6.07) is 16.2. The van der Waals surface area contributed by atoms with Crippen LogP contribution in [0.1, 0.15) is 82.9 Å². The Kier molecular flexibility index (Phi) is 12.1. The molecule has 0 unspecified atom stereocenters. The van der Waals surface area contributed by atoms with Gasteiger partial charge in [0.2, 0.25) is 11.4 Å². The standard InChI is InChI=1S/C34H46ClNO6/c1-5-9-18-38-30-31(39-19-10-6-2)33(23-36)24-41-34(42-33,32(30)40-20-11-7-3)27-14-17-29(35)26(22-27)21-25-12-15-28(16-13-25)37-8-4/h12-17,22,30-32H,5-11,18-21,24H2,1-4H3/t30-,31-,32+,33-,34-/m0/s1. The normalized spacial score (nSPS) is 26.7. The van der Waals surface area contributed by atoms with Gasteiger partial charge in [-0.15, -0.1) is 0 Å². The highest BCUT2D eigenvalue weighted by molar-refractivity contribution is 6.31. The van der Waals surface area contributed by atoms with Crippen molar-refractivity contribution in [1.82, 2.24) is 0 Å². The molecule has 0 aliphatic carbocycles. The molecule has 2 fully saturated rings. The van der Waals surface area contributed by atoms with E-state index in [0.717, 1.165) is 61.0 Å². The maximum atomic E-state index is 10.5. The fraction of sp³-hybridized carbons (Fsp3) is 0.618. The zero-order chi connectivity index (χ0) is 30.0. The SMILES string of the molecule is CCCCO[C@@H]1[C@@H](OCCCC)[C@@]2(c3ccc(Cl)c(Cc4ccc(OCC)cc4)c3)OC[C@](C#N)(O2)[C@H]1OCCCC. The molecule has 2 aliphatic heterocycles. The molecule has 0 aromatic heterocycles. The highest BCUT2D eigenvalue weighted by Gasteiger charge is 2.70. The van der Waals surface area contributed by atoms with E-state index in [2.05, 4.69) is 26.8 Å². The number of fused-ring (bicyclic) bond motifs is 2. The fourth-order valence-corrected chi connectivity index (χ4v) is 5.77. The van der Waals surface area contributed by atoms with Crippen LogP contribution in [0.4, 0.5) is 0 Å². The van der Waals surface area contributed by atoms with Crippen LogP contribution < -0.4 is 4.74 Å². The van der Waals surface area contributed by atoms with Gasteiger partial charge in [0.05, 0.1) is 13.2 Å². The topological polar surface area (TPSA) is 79.2 Å². The van der Waals surface area contributed by atoms with E-state index in [1.54, 1.807) is 0 Å². The second kappa shape index (κ2) is 15.5. The quantitative estimate of drug-likeness (QED) is 0.176. The summed E-state index contributed by atoms with van der Waals surface area (Å²) in [7, 11) is 0. The number of benzene rings is 2. The van der Waals surface area contributed by atoms with E-state index < -0.39 is 29.7 Å². The lowest BCUT2D eigenvalue weighted by Gasteiger charge is -2.49. The van der Waals surface area contributed by atoms with Crippen molar-refractivity contribution in [2.75, 3.05) is 33.0 Å². The summed E-state index contributed by atoms with van der Waals surface area (Å²) in [5.41, 5.74) is 1.44. The van der Waals surface area contributed by atoms with Gasteiger partial charge in [-0.3, -0.25) is 0 Å². The van der Waals surface area contributed by atoms with Crippen LogP contribution >= 0.6 is 11.6 Å². The Hall–Kier alpha value is -2.18. The number of halogens is 1. The lowest BCUT2D eigenvalue weighted by Crippen LogP contribution is -2.66. The Morgan fingerprint density at radius 1 is 0.881 bits per heavy atom. The Bertz CT molecular complexity index is 1170. The molecule has 8 heteroatoms. The number of ether oxygens (including phenoxy) is 6. The molecule has 4 rings (SSSR count). The van der Waals surface area contributed by atoms with Crippen molar-refractivity contribution in [3.8, 4) is 11.8 Å². The molecule has 0 N–H and O–H groups in total. The number of hydrogen-bond donors (Lipinski definition) is 0. The number of nitriles is 1. The summed E-state index contributed by atoms with van der Waals surface area (Å²) in [6.07, 6.45) is 4.36. The van der Waals surface area contributed by atoms with Crippen molar-refractivity contribution in [2.24, 2.45) is 0 Å². The smallest absolute Gasteiger partial charge is 0.226 e. The van der Waals surface area contributed by atoms with Crippen LogP contribution in [0, 0.1) is 11.3 Å². The van der Waals surface area contributed by atoms with Crippen LogP contribution in [0.3, 0.4) is 0 Å². The average Bonchev–Trinajstić information content (AvgIpc) is 3.36. The average molecular weight is 600 g/mol. The number of nitrogens with zero attached hydrogens (tertiary/aromatic N) is 1. The minimum atomic E-state index is -1.34. The molecule has 42 heavy (non-hydrogen) atoms. The van der Waals surface area contributed by atoms with Gasteiger partial charge in [0.15, 0.2) is 0 Å². The minimum absolute atomic E-state index is 0.0540. The lowest BCUT2D eigenvalue weighted by atomic mass is 9.83. The van der Waals surface area contributed by atoms with Gasteiger partial charge in [0, 0.05) is 30.4 Å². The van der Waals surface area contributed by atoms with Gasteiger partial charge in [0.25, 0.3) is 0 Å². The molecule has 5 atom stereocenters. The highest BCUT2D eigenvalue weighted by atomic mass is 35.5. The van der Waals surface area contributed by atoms with Gasteiger partial charge in [0.1, 0.15) is 30.1 Å². The van der Waals surface area contributed by atoms with Gasteiger partial charge in [-0.25, -0.2) is 0 Å². The Morgan fingerprint density at radius 2 is 1.52 bits per heavy atom. The summed E-state index contributed by atoms with van der Waals surface area (Å²) < 4.78 is 38.4. The van der Waals surface area contributed by atoms with Crippen molar-refractivity contribution in [2.45, 2.75) is 102 Å². The third-order valence-corrected chi connectivity index (χ3v) is 8.30. The van der Waals surface area contributed by atoms with Gasteiger partial charge < -0.3 is 28.4 Å². The highest BCUT2D eigenvalue weighted by Crippen LogP contribution is 2.52. The molecule has 0 saturated carbocycles. The summed E-state index contributed by atoms with van der Waals surface area (Å²) in [6.45, 7) is 10.6. The summed E-state index contributed by atoms with van der Waals surface area (Å²) in [4.78, 5) is 0. The van der Waals surface area contributed by atoms with Crippen LogP contribution in [0.15, 0.2) is 42.5 Å². The number of hydrogen-bond acceptors (Lipinski definition) is 7. The van der Waals surface area contributed by atoms with E-state index in [4.69, 9.17) is 40.0 Å². The molecule has 0 radical (unpaired) electrons. The molecule has 0 amide bonds. The first-order chi connectivity index (χ1) is 20.5. The van der Waals surface area contributed by atoms with Crippen LogP contribution in [-0.2, 0) is 35.9 Å². The molecule has 2 aromatic rings. The third kappa shape index (κ3) is 7.13. The molecule has 230 valence electrons. The number of rotatable bonds is 17. The molecule has 0 spiro atoms. The second-order valence-corrected chi connectivity index (χ2v) is 11.5. The maximum Gasteiger partial charge on any atom is 0.226 e. The first-order valence-electron chi connectivity index (χ1n) is 15.6. The summed E-state index contributed by atoms with van der Waals surface area (Å²) in [5.74, 6) is -0.511. The van der Waals surface area contributed by atoms with Gasteiger partial charge in [-0.05, 0) is 68.0 Å². The summed E-state index contributed by atoms with van der Waals surface area (Å²) in [5, 5.41) is 11.2. The van der Waals surface area contributed by atoms with E-state index >= 15 is 0 Å². The van der Waals surface area contributed by atoms with E-state index in [9.17, 15) is 5.26 Å². The molecule has 2 heterocycles. The third-order valence-electron chi connectivity index (χ3n) is 7.93. The van der Waals surface area contributed by atoms with E-state index in [1.165, 1.54) is 0 Å². The van der Waals surface area contributed by atoms with Crippen LogP contribution in [0.5, 0.6) is 5.75 Å². The Morgan fingerprint density at radius 3 is 2.14 bits per heavy atom. The van der Waals surface area contributed by atoms with Crippen molar-refractivity contribution < 1.29 is 28.4 Å². The molecule has 2 aliphatic rings. The predicted molar refractivity (Wildman–Crippen MR) is 163 cm³/mol. The molecule has 7 nitrogen and oxygen atoms in total. The van der Waals surface area contributed by atoms with Crippen molar-refractivity contribution in [3.05, 3.63) is 64.2 Å².